The highest BCUT2D eigenvalue weighted by Crippen LogP contribution is 2.17. The van der Waals surface area contributed by atoms with Gasteiger partial charge in [-0.15, -0.1) is 0 Å². The zero-order valence-electron chi connectivity index (χ0n) is 7.71. The van der Waals surface area contributed by atoms with Crippen molar-refractivity contribution < 1.29 is 4.74 Å². The molecule has 0 radical (unpaired) electrons. The second-order valence-electron chi connectivity index (χ2n) is 3.00. The first-order valence-electron chi connectivity index (χ1n) is 4.54. The van der Waals surface area contributed by atoms with Crippen molar-refractivity contribution in [1.82, 2.24) is 4.98 Å². The molecule has 2 rings (SSSR count). The van der Waals surface area contributed by atoms with Crippen LogP contribution >= 0.6 is 0 Å². The lowest BCUT2D eigenvalue weighted by atomic mass is 10.2. The summed E-state index contributed by atoms with van der Waals surface area (Å²) in [5, 5.41) is 1.26. The topological polar surface area (TPSA) is 25.0 Å². The molecule has 1 aromatic heterocycles. The number of fused-ring (bicyclic) bond motifs is 1. The first kappa shape index (κ1) is 8.32. The highest BCUT2D eigenvalue weighted by molar-refractivity contribution is 5.82. The van der Waals surface area contributed by atoms with Gasteiger partial charge in [-0.1, -0.05) is 18.2 Å². The molecule has 0 aliphatic carbocycles. The van der Waals surface area contributed by atoms with Gasteiger partial charge in [0.05, 0.1) is 6.61 Å². The lowest BCUT2D eigenvalue weighted by Crippen LogP contribution is -1.89. The monoisotopic (exact) mass is 175 g/mol. The van der Waals surface area contributed by atoms with E-state index in [2.05, 4.69) is 17.1 Å². The summed E-state index contributed by atoms with van der Waals surface area (Å²) in [6, 6.07) is 8.26. The molecule has 0 saturated carbocycles. The van der Waals surface area contributed by atoms with Gasteiger partial charge in [-0.3, -0.25) is 0 Å². The van der Waals surface area contributed by atoms with Crippen LogP contribution in [-0.2, 0) is 11.3 Å². The van der Waals surface area contributed by atoms with Crippen molar-refractivity contribution in [3.05, 3.63) is 36.0 Å². The van der Waals surface area contributed by atoms with Gasteiger partial charge in [-0.25, -0.2) is 0 Å². The van der Waals surface area contributed by atoms with Crippen LogP contribution in [0, 0.1) is 0 Å². The van der Waals surface area contributed by atoms with Gasteiger partial charge in [0, 0.05) is 29.3 Å². The minimum absolute atomic E-state index is 0.695. The summed E-state index contributed by atoms with van der Waals surface area (Å²) in [5.74, 6) is 0. The number of ether oxygens (including phenoxy) is 1. The number of hydrogen-bond donors (Lipinski definition) is 1. The Morgan fingerprint density at radius 3 is 3.00 bits per heavy atom. The van der Waals surface area contributed by atoms with Crippen molar-refractivity contribution in [3.63, 3.8) is 0 Å². The third-order valence-corrected chi connectivity index (χ3v) is 2.14. The molecule has 0 aliphatic rings. The predicted molar refractivity (Wildman–Crippen MR) is 53.6 cm³/mol. The van der Waals surface area contributed by atoms with Gasteiger partial charge >= 0.3 is 0 Å². The first-order valence-corrected chi connectivity index (χ1v) is 4.54. The van der Waals surface area contributed by atoms with Crippen LogP contribution in [0.5, 0.6) is 0 Å². The van der Waals surface area contributed by atoms with Gasteiger partial charge in [0.25, 0.3) is 0 Å². The van der Waals surface area contributed by atoms with E-state index in [1.54, 1.807) is 0 Å². The molecule has 0 atom stereocenters. The molecular formula is C11H13NO. The van der Waals surface area contributed by atoms with Gasteiger partial charge in [0.2, 0.25) is 0 Å². The largest absolute Gasteiger partial charge is 0.377 e. The molecule has 2 heteroatoms. The fourth-order valence-electron chi connectivity index (χ4n) is 1.46. The van der Waals surface area contributed by atoms with E-state index in [9.17, 15) is 0 Å². The number of aromatic amines is 1. The molecule has 0 bridgehead atoms. The van der Waals surface area contributed by atoms with E-state index in [4.69, 9.17) is 4.74 Å². The molecule has 0 spiro atoms. The first-order chi connectivity index (χ1) is 6.42. The molecule has 68 valence electrons. The molecule has 0 saturated heterocycles. The summed E-state index contributed by atoms with van der Waals surface area (Å²) in [6.07, 6.45) is 2.01. The van der Waals surface area contributed by atoms with Gasteiger partial charge in [0.15, 0.2) is 0 Å². The Morgan fingerprint density at radius 2 is 2.15 bits per heavy atom. The van der Waals surface area contributed by atoms with Gasteiger partial charge in [-0.05, 0) is 13.0 Å². The van der Waals surface area contributed by atoms with Crippen LogP contribution in [0.3, 0.4) is 0 Å². The van der Waals surface area contributed by atoms with Crippen molar-refractivity contribution >= 4 is 10.9 Å². The fraction of sp³-hybridized carbons (Fsp3) is 0.273. The molecule has 1 N–H and O–H groups in total. The predicted octanol–water partition coefficient (Wildman–Crippen LogP) is 2.70. The maximum absolute atomic E-state index is 5.37. The Morgan fingerprint density at radius 1 is 1.31 bits per heavy atom. The van der Waals surface area contributed by atoms with Gasteiger partial charge < -0.3 is 9.72 Å². The molecule has 2 nitrogen and oxygen atoms in total. The van der Waals surface area contributed by atoms with Crippen LogP contribution < -0.4 is 0 Å². The van der Waals surface area contributed by atoms with E-state index >= 15 is 0 Å². The molecule has 2 aromatic rings. The molecule has 0 aliphatic heterocycles. The molecule has 1 heterocycles. The second-order valence-corrected chi connectivity index (χ2v) is 3.00. The average molecular weight is 175 g/mol. The number of aromatic nitrogens is 1. The minimum Gasteiger partial charge on any atom is -0.377 e. The van der Waals surface area contributed by atoms with Crippen molar-refractivity contribution in [1.29, 1.82) is 0 Å². The van der Waals surface area contributed by atoms with E-state index in [-0.39, 0.29) is 0 Å². The van der Waals surface area contributed by atoms with Crippen molar-refractivity contribution in [3.8, 4) is 0 Å². The summed E-state index contributed by atoms with van der Waals surface area (Å²) in [6.45, 7) is 3.47. The van der Waals surface area contributed by atoms with Crippen LogP contribution in [0.1, 0.15) is 12.5 Å². The van der Waals surface area contributed by atoms with Crippen LogP contribution in [0.25, 0.3) is 10.9 Å². The van der Waals surface area contributed by atoms with Crippen LogP contribution in [0.4, 0.5) is 0 Å². The highest BCUT2D eigenvalue weighted by Gasteiger charge is 2.01. The van der Waals surface area contributed by atoms with Crippen molar-refractivity contribution in [2.75, 3.05) is 6.61 Å². The lowest BCUT2D eigenvalue weighted by Gasteiger charge is -1.98. The van der Waals surface area contributed by atoms with Crippen molar-refractivity contribution in [2.45, 2.75) is 13.5 Å². The fourth-order valence-corrected chi connectivity index (χ4v) is 1.46. The van der Waals surface area contributed by atoms with E-state index in [0.29, 0.717) is 6.61 Å². The zero-order valence-corrected chi connectivity index (χ0v) is 7.71. The number of benzene rings is 1. The summed E-state index contributed by atoms with van der Waals surface area (Å²) in [5.41, 5.74) is 2.41. The van der Waals surface area contributed by atoms with Gasteiger partial charge in [-0.2, -0.15) is 0 Å². The third kappa shape index (κ3) is 1.58. The maximum atomic E-state index is 5.37. The Labute approximate surface area is 77.5 Å². The summed E-state index contributed by atoms with van der Waals surface area (Å²) >= 11 is 0. The van der Waals surface area contributed by atoms with E-state index < -0.39 is 0 Å². The quantitative estimate of drug-likeness (QED) is 0.762. The smallest absolute Gasteiger partial charge is 0.0737 e. The van der Waals surface area contributed by atoms with E-state index in [0.717, 1.165) is 6.61 Å². The molecule has 0 unspecified atom stereocenters. The van der Waals surface area contributed by atoms with Crippen LogP contribution in [-0.4, -0.2) is 11.6 Å². The zero-order chi connectivity index (χ0) is 9.10. The number of rotatable bonds is 3. The van der Waals surface area contributed by atoms with Crippen LogP contribution in [0.2, 0.25) is 0 Å². The summed E-state index contributed by atoms with van der Waals surface area (Å²) in [7, 11) is 0. The SMILES string of the molecule is CCOCc1c[nH]c2ccccc12. The van der Waals surface area contributed by atoms with Crippen LogP contribution in [0.15, 0.2) is 30.5 Å². The van der Waals surface area contributed by atoms with Gasteiger partial charge in [0.1, 0.15) is 0 Å². The lowest BCUT2D eigenvalue weighted by molar-refractivity contribution is 0.135. The molecule has 1 aromatic carbocycles. The maximum Gasteiger partial charge on any atom is 0.0737 e. The standard InChI is InChI=1S/C11H13NO/c1-2-13-8-9-7-12-11-6-4-3-5-10(9)11/h3-7,12H,2,8H2,1H3. The average Bonchev–Trinajstić information content (AvgIpc) is 2.58. The molecule has 0 fully saturated rings. The summed E-state index contributed by atoms with van der Waals surface area (Å²) < 4.78 is 5.37. The normalized spacial score (nSPS) is 10.8. The van der Waals surface area contributed by atoms with E-state index in [1.165, 1.54) is 16.5 Å². The Balaban J connectivity index is 2.35. The molecule has 13 heavy (non-hydrogen) atoms. The molecular weight excluding hydrogens is 162 g/mol. The van der Waals surface area contributed by atoms with Crippen molar-refractivity contribution in [2.24, 2.45) is 0 Å². The number of H-pyrrole nitrogens is 1. The number of hydrogen-bond acceptors (Lipinski definition) is 1. The third-order valence-electron chi connectivity index (χ3n) is 2.14. The van der Waals surface area contributed by atoms with E-state index in [1.807, 2.05) is 25.3 Å². The Kier molecular flexibility index (Phi) is 2.32. The number of nitrogens with one attached hydrogen (secondary N) is 1. The second kappa shape index (κ2) is 3.62. The minimum atomic E-state index is 0.695. The highest BCUT2D eigenvalue weighted by atomic mass is 16.5. The Bertz CT molecular complexity index is 392. The Hall–Kier alpha value is -1.28. The summed E-state index contributed by atoms with van der Waals surface area (Å²) in [4.78, 5) is 3.22. The number of para-hydroxylation sites is 1. The molecule has 0 amide bonds.